The lowest BCUT2D eigenvalue weighted by Crippen LogP contribution is -2.30. The van der Waals surface area contributed by atoms with Crippen LogP contribution in [0.4, 0.5) is 5.95 Å². The second-order valence-corrected chi connectivity index (χ2v) is 5.46. The SMILES string of the molecule is CCNc1nc(C)cn1CCC1CCN(C)CC1. The van der Waals surface area contributed by atoms with Crippen LogP contribution in [0.15, 0.2) is 6.20 Å². The number of nitrogens with one attached hydrogen (secondary N) is 1. The fourth-order valence-electron chi connectivity index (χ4n) is 2.69. The van der Waals surface area contributed by atoms with Crippen molar-refractivity contribution in [3.05, 3.63) is 11.9 Å². The second kappa shape index (κ2) is 6.23. The Kier molecular flexibility index (Phi) is 4.64. The molecule has 0 aliphatic carbocycles. The third kappa shape index (κ3) is 3.48. The van der Waals surface area contributed by atoms with E-state index in [1.807, 2.05) is 0 Å². The van der Waals surface area contributed by atoms with Gasteiger partial charge in [-0.2, -0.15) is 0 Å². The molecule has 0 radical (unpaired) electrons. The molecular weight excluding hydrogens is 224 g/mol. The van der Waals surface area contributed by atoms with Gasteiger partial charge in [-0.25, -0.2) is 4.98 Å². The predicted octanol–water partition coefficient (Wildman–Crippen LogP) is 2.36. The van der Waals surface area contributed by atoms with Gasteiger partial charge in [0, 0.05) is 19.3 Å². The lowest BCUT2D eigenvalue weighted by molar-refractivity contribution is 0.208. The summed E-state index contributed by atoms with van der Waals surface area (Å²) in [5, 5.41) is 3.34. The standard InChI is InChI=1S/C14H26N4/c1-4-15-14-16-12(2)11-18(14)10-7-13-5-8-17(3)9-6-13/h11,13H,4-10H2,1-3H3,(H,15,16). The van der Waals surface area contributed by atoms with Gasteiger partial charge in [-0.1, -0.05) is 0 Å². The minimum Gasteiger partial charge on any atom is -0.356 e. The van der Waals surface area contributed by atoms with Gasteiger partial charge in [0.2, 0.25) is 5.95 Å². The fraction of sp³-hybridized carbons (Fsp3) is 0.786. The van der Waals surface area contributed by atoms with Crippen LogP contribution < -0.4 is 5.32 Å². The quantitative estimate of drug-likeness (QED) is 0.871. The molecule has 0 spiro atoms. The van der Waals surface area contributed by atoms with Crippen molar-refractivity contribution >= 4 is 5.95 Å². The number of aromatic nitrogens is 2. The Bertz CT molecular complexity index is 364. The molecular formula is C14H26N4. The molecule has 1 N–H and O–H groups in total. The van der Waals surface area contributed by atoms with Crippen molar-refractivity contribution in [3.8, 4) is 0 Å². The van der Waals surface area contributed by atoms with Crippen molar-refractivity contribution in [2.45, 2.75) is 39.7 Å². The van der Waals surface area contributed by atoms with Gasteiger partial charge in [0.25, 0.3) is 0 Å². The Morgan fingerprint density at radius 3 is 2.78 bits per heavy atom. The van der Waals surface area contributed by atoms with Gasteiger partial charge < -0.3 is 14.8 Å². The van der Waals surface area contributed by atoms with Crippen LogP contribution >= 0.6 is 0 Å². The van der Waals surface area contributed by atoms with Crippen molar-refractivity contribution < 1.29 is 0 Å². The molecule has 1 aromatic rings. The monoisotopic (exact) mass is 250 g/mol. The Hall–Kier alpha value is -1.03. The summed E-state index contributed by atoms with van der Waals surface area (Å²) >= 11 is 0. The molecule has 0 bridgehead atoms. The number of nitrogens with zero attached hydrogens (tertiary/aromatic N) is 3. The van der Waals surface area contributed by atoms with Crippen LogP contribution in [0, 0.1) is 12.8 Å². The van der Waals surface area contributed by atoms with Gasteiger partial charge in [-0.3, -0.25) is 0 Å². The van der Waals surface area contributed by atoms with Crippen LogP contribution in [-0.4, -0.2) is 41.1 Å². The normalized spacial score (nSPS) is 18.2. The number of anilines is 1. The fourth-order valence-corrected chi connectivity index (χ4v) is 2.69. The average molecular weight is 250 g/mol. The summed E-state index contributed by atoms with van der Waals surface area (Å²) < 4.78 is 2.27. The Morgan fingerprint density at radius 1 is 1.39 bits per heavy atom. The predicted molar refractivity (Wildman–Crippen MR) is 76.0 cm³/mol. The number of likely N-dealkylation sites (tertiary alicyclic amines) is 1. The van der Waals surface area contributed by atoms with E-state index in [2.05, 4.69) is 46.9 Å². The van der Waals surface area contributed by atoms with Crippen LogP contribution in [0.25, 0.3) is 0 Å². The van der Waals surface area contributed by atoms with Gasteiger partial charge in [-0.05, 0) is 59.2 Å². The molecule has 2 heterocycles. The first-order valence-corrected chi connectivity index (χ1v) is 7.15. The molecule has 0 aromatic carbocycles. The van der Waals surface area contributed by atoms with Crippen LogP contribution in [0.5, 0.6) is 0 Å². The van der Waals surface area contributed by atoms with Crippen LogP contribution in [0.3, 0.4) is 0 Å². The second-order valence-electron chi connectivity index (χ2n) is 5.46. The van der Waals surface area contributed by atoms with Crippen LogP contribution in [0.1, 0.15) is 31.9 Å². The van der Waals surface area contributed by atoms with Gasteiger partial charge in [0.05, 0.1) is 5.69 Å². The summed E-state index contributed by atoms with van der Waals surface area (Å²) in [6.45, 7) is 8.72. The van der Waals surface area contributed by atoms with Crippen LogP contribution in [-0.2, 0) is 6.54 Å². The summed E-state index contributed by atoms with van der Waals surface area (Å²) in [5.41, 5.74) is 1.11. The number of imidazole rings is 1. The first-order valence-electron chi connectivity index (χ1n) is 7.15. The van der Waals surface area contributed by atoms with Crippen LogP contribution in [0.2, 0.25) is 0 Å². The maximum Gasteiger partial charge on any atom is 0.203 e. The average Bonchev–Trinajstić information content (AvgIpc) is 2.70. The first kappa shape index (κ1) is 13.4. The maximum atomic E-state index is 4.52. The Morgan fingerprint density at radius 2 is 2.11 bits per heavy atom. The molecule has 2 rings (SSSR count). The molecule has 0 amide bonds. The lowest BCUT2D eigenvalue weighted by Gasteiger charge is -2.29. The van der Waals surface area contributed by atoms with Gasteiger partial charge >= 0.3 is 0 Å². The molecule has 1 aromatic heterocycles. The highest BCUT2D eigenvalue weighted by Gasteiger charge is 2.16. The van der Waals surface area contributed by atoms with Crippen molar-refractivity contribution in [3.63, 3.8) is 0 Å². The van der Waals surface area contributed by atoms with E-state index < -0.39 is 0 Å². The number of aryl methyl sites for hydroxylation is 2. The summed E-state index contributed by atoms with van der Waals surface area (Å²) in [5.74, 6) is 1.92. The Labute approximate surface area is 110 Å². The lowest BCUT2D eigenvalue weighted by atomic mass is 9.94. The third-order valence-electron chi connectivity index (χ3n) is 3.85. The van der Waals surface area contributed by atoms with E-state index in [1.54, 1.807) is 0 Å². The van der Waals surface area contributed by atoms with Gasteiger partial charge in [0.1, 0.15) is 0 Å². The maximum absolute atomic E-state index is 4.52. The molecule has 0 unspecified atom stereocenters. The number of hydrogen-bond acceptors (Lipinski definition) is 3. The van der Waals surface area contributed by atoms with E-state index in [0.29, 0.717) is 0 Å². The smallest absolute Gasteiger partial charge is 0.203 e. The van der Waals surface area contributed by atoms with E-state index in [-0.39, 0.29) is 0 Å². The van der Waals surface area contributed by atoms with E-state index in [4.69, 9.17) is 0 Å². The zero-order chi connectivity index (χ0) is 13.0. The molecule has 4 heteroatoms. The van der Waals surface area contributed by atoms with Crippen molar-refractivity contribution in [1.29, 1.82) is 0 Å². The highest BCUT2D eigenvalue weighted by molar-refractivity contribution is 5.28. The summed E-state index contributed by atoms with van der Waals surface area (Å²) in [4.78, 5) is 6.95. The molecule has 1 fully saturated rings. The molecule has 0 saturated carbocycles. The highest BCUT2D eigenvalue weighted by atomic mass is 15.2. The first-order chi connectivity index (χ1) is 8.69. The zero-order valence-electron chi connectivity index (χ0n) is 11.9. The van der Waals surface area contributed by atoms with E-state index in [1.165, 1.54) is 32.4 Å². The summed E-state index contributed by atoms with van der Waals surface area (Å²) in [6, 6.07) is 0. The van der Waals surface area contributed by atoms with Gasteiger partial charge in [0.15, 0.2) is 0 Å². The van der Waals surface area contributed by atoms with Crippen molar-refractivity contribution in [2.75, 3.05) is 32.0 Å². The summed E-state index contributed by atoms with van der Waals surface area (Å²) in [6.07, 6.45) is 6.14. The zero-order valence-corrected chi connectivity index (χ0v) is 11.9. The van der Waals surface area contributed by atoms with Gasteiger partial charge in [-0.15, -0.1) is 0 Å². The molecule has 1 aliphatic rings. The van der Waals surface area contributed by atoms with E-state index >= 15 is 0 Å². The van der Waals surface area contributed by atoms with E-state index in [9.17, 15) is 0 Å². The largest absolute Gasteiger partial charge is 0.356 e. The van der Waals surface area contributed by atoms with E-state index in [0.717, 1.165) is 30.6 Å². The molecule has 1 saturated heterocycles. The number of hydrogen-bond donors (Lipinski definition) is 1. The molecule has 102 valence electrons. The molecule has 1 aliphatic heterocycles. The minimum atomic E-state index is 0.887. The third-order valence-corrected chi connectivity index (χ3v) is 3.85. The molecule has 18 heavy (non-hydrogen) atoms. The van der Waals surface area contributed by atoms with Crippen molar-refractivity contribution in [2.24, 2.45) is 5.92 Å². The number of rotatable bonds is 5. The topological polar surface area (TPSA) is 33.1 Å². The highest BCUT2D eigenvalue weighted by Crippen LogP contribution is 2.21. The molecule has 4 nitrogen and oxygen atoms in total. The summed E-state index contributed by atoms with van der Waals surface area (Å²) in [7, 11) is 2.22. The Balaban J connectivity index is 1.85. The number of piperidine rings is 1. The minimum absolute atomic E-state index is 0.887. The molecule has 0 atom stereocenters. The van der Waals surface area contributed by atoms with Crippen molar-refractivity contribution in [1.82, 2.24) is 14.5 Å².